The Balaban J connectivity index is 2.82. The largest absolute Gasteiger partial charge is 0.328 e. The maximum Gasteiger partial charge on any atom is 0.240 e. The third kappa shape index (κ3) is 4.81. The summed E-state index contributed by atoms with van der Waals surface area (Å²) in [6, 6.07) is 4.12. The molecule has 0 aliphatic rings. The predicted molar refractivity (Wildman–Crippen MR) is 69.9 cm³/mol. The molecule has 0 spiro atoms. The van der Waals surface area contributed by atoms with Crippen LogP contribution in [-0.2, 0) is 10.0 Å². The van der Waals surface area contributed by atoms with Crippen molar-refractivity contribution in [3.63, 3.8) is 0 Å². The summed E-state index contributed by atoms with van der Waals surface area (Å²) in [5, 5.41) is 0.565. The second-order valence-electron chi connectivity index (χ2n) is 3.77. The lowest BCUT2D eigenvalue weighted by molar-refractivity contribution is 0.572. The van der Waals surface area contributed by atoms with Crippen molar-refractivity contribution in [1.82, 2.24) is 4.72 Å². The first-order chi connectivity index (χ1) is 7.81. The summed E-state index contributed by atoms with van der Waals surface area (Å²) in [6.45, 7) is 2.09. The monoisotopic (exact) mass is 296 g/mol. The van der Waals surface area contributed by atoms with Crippen molar-refractivity contribution in [3.05, 3.63) is 28.2 Å². The van der Waals surface area contributed by atoms with Crippen molar-refractivity contribution in [2.45, 2.75) is 24.3 Å². The van der Waals surface area contributed by atoms with Crippen LogP contribution in [0.1, 0.15) is 13.3 Å². The Labute approximate surface area is 111 Å². The Bertz CT molecular complexity index is 469. The summed E-state index contributed by atoms with van der Waals surface area (Å²) < 4.78 is 26.1. The van der Waals surface area contributed by atoms with Crippen LogP contribution in [0.15, 0.2) is 23.1 Å². The van der Waals surface area contributed by atoms with Crippen LogP contribution < -0.4 is 10.5 Å². The molecule has 96 valence electrons. The molecule has 0 saturated heterocycles. The zero-order valence-corrected chi connectivity index (χ0v) is 11.6. The van der Waals surface area contributed by atoms with E-state index in [0.29, 0.717) is 6.42 Å². The molecule has 1 unspecified atom stereocenters. The van der Waals surface area contributed by atoms with Gasteiger partial charge in [-0.15, -0.1) is 0 Å². The van der Waals surface area contributed by atoms with E-state index in [4.69, 9.17) is 28.9 Å². The lowest BCUT2D eigenvalue weighted by atomic mass is 10.3. The highest BCUT2D eigenvalue weighted by Gasteiger charge is 2.15. The van der Waals surface area contributed by atoms with Crippen LogP contribution in [0.25, 0.3) is 0 Å². The van der Waals surface area contributed by atoms with E-state index in [1.54, 1.807) is 0 Å². The highest BCUT2D eigenvalue weighted by molar-refractivity contribution is 7.89. The van der Waals surface area contributed by atoms with Crippen molar-refractivity contribution < 1.29 is 8.42 Å². The molecule has 3 N–H and O–H groups in total. The zero-order valence-electron chi connectivity index (χ0n) is 9.28. The molecule has 0 fully saturated rings. The number of hydrogen-bond donors (Lipinski definition) is 2. The SMILES string of the molecule is CC(N)CCNS(=O)(=O)c1cc(Cl)cc(Cl)c1. The van der Waals surface area contributed by atoms with Crippen molar-refractivity contribution in [3.8, 4) is 0 Å². The molecule has 4 nitrogen and oxygen atoms in total. The van der Waals surface area contributed by atoms with Crippen LogP contribution in [0.5, 0.6) is 0 Å². The molecule has 0 bridgehead atoms. The number of sulfonamides is 1. The van der Waals surface area contributed by atoms with Gasteiger partial charge in [0.15, 0.2) is 0 Å². The average Bonchev–Trinajstić information content (AvgIpc) is 2.14. The van der Waals surface area contributed by atoms with Crippen LogP contribution in [0, 0.1) is 0 Å². The van der Waals surface area contributed by atoms with Gasteiger partial charge in [-0.25, -0.2) is 13.1 Å². The van der Waals surface area contributed by atoms with Gasteiger partial charge in [0.25, 0.3) is 0 Å². The summed E-state index contributed by atoms with van der Waals surface area (Å²) in [5.41, 5.74) is 5.53. The molecule has 7 heteroatoms. The van der Waals surface area contributed by atoms with E-state index in [-0.39, 0.29) is 27.5 Å². The predicted octanol–water partition coefficient (Wildman–Crippen LogP) is 2.01. The van der Waals surface area contributed by atoms with Crippen molar-refractivity contribution in [1.29, 1.82) is 0 Å². The summed E-state index contributed by atoms with van der Waals surface area (Å²) in [6.07, 6.45) is 0.563. The van der Waals surface area contributed by atoms with Gasteiger partial charge in [0.1, 0.15) is 0 Å². The molecule has 0 aromatic heterocycles. The summed E-state index contributed by atoms with van der Waals surface area (Å²) in [4.78, 5) is 0.0553. The van der Waals surface area contributed by atoms with Crippen molar-refractivity contribution in [2.24, 2.45) is 5.73 Å². The van der Waals surface area contributed by atoms with E-state index >= 15 is 0 Å². The zero-order chi connectivity index (χ0) is 13.1. The molecule has 0 aliphatic heterocycles. The Hall–Kier alpha value is -0.330. The van der Waals surface area contributed by atoms with Gasteiger partial charge in [-0.3, -0.25) is 0 Å². The van der Waals surface area contributed by atoms with E-state index in [1.807, 2.05) is 6.92 Å². The lowest BCUT2D eigenvalue weighted by Gasteiger charge is -2.09. The summed E-state index contributed by atoms with van der Waals surface area (Å²) in [7, 11) is -3.58. The van der Waals surface area contributed by atoms with Gasteiger partial charge in [-0.05, 0) is 31.5 Å². The number of nitrogens with one attached hydrogen (secondary N) is 1. The Kier molecular flexibility index (Phi) is 5.22. The molecule has 0 radical (unpaired) electrons. The second-order valence-corrected chi connectivity index (χ2v) is 6.41. The van der Waals surface area contributed by atoms with Gasteiger partial charge in [-0.2, -0.15) is 0 Å². The van der Waals surface area contributed by atoms with E-state index in [1.165, 1.54) is 18.2 Å². The minimum atomic E-state index is -3.58. The molecule has 1 rings (SSSR count). The van der Waals surface area contributed by atoms with E-state index < -0.39 is 10.0 Å². The minimum absolute atomic E-state index is 0.0550. The lowest BCUT2D eigenvalue weighted by Crippen LogP contribution is -2.29. The quantitative estimate of drug-likeness (QED) is 0.873. The first-order valence-corrected chi connectivity index (χ1v) is 7.26. The molecule has 0 saturated carbocycles. The summed E-state index contributed by atoms with van der Waals surface area (Å²) in [5.74, 6) is 0. The number of hydrogen-bond acceptors (Lipinski definition) is 3. The first kappa shape index (κ1) is 14.7. The fourth-order valence-corrected chi connectivity index (χ4v) is 2.96. The van der Waals surface area contributed by atoms with Gasteiger partial charge in [-0.1, -0.05) is 23.2 Å². The molecule has 1 atom stereocenters. The molecule has 0 amide bonds. The number of rotatable bonds is 5. The van der Waals surface area contributed by atoms with E-state index in [2.05, 4.69) is 4.72 Å². The maximum atomic E-state index is 11.8. The van der Waals surface area contributed by atoms with Gasteiger partial charge < -0.3 is 5.73 Å². The van der Waals surface area contributed by atoms with Crippen LogP contribution in [0.2, 0.25) is 10.0 Å². The minimum Gasteiger partial charge on any atom is -0.328 e. The van der Waals surface area contributed by atoms with Crippen LogP contribution in [0.3, 0.4) is 0 Å². The highest BCUT2D eigenvalue weighted by atomic mass is 35.5. The van der Waals surface area contributed by atoms with E-state index in [0.717, 1.165) is 0 Å². The summed E-state index contributed by atoms with van der Waals surface area (Å²) >= 11 is 11.5. The maximum absolute atomic E-state index is 11.8. The fraction of sp³-hybridized carbons (Fsp3) is 0.400. The van der Waals surface area contributed by atoms with Gasteiger partial charge in [0.05, 0.1) is 4.90 Å². The molecule has 1 aromatic rings. The van der Waals surface area contributed by atoms with E-state index in [9.17, 15) is 8.42 Å². The van der Waals surface area contributed by atoms with Crippen molar-refractivity contribution in [2.75, 3.05) is 6.54 Å². The highest BCUT2D eigenvalue weighted by Crippen LogP contribution is 2.22. The molecule has 1 aromatic carbocycles. The van der Waals surface area contributed by atoms with Gasteiger partial charge >= 0.3 is 0 Å². The molecule has 0 heterocycles. The first-order valence-electron chi connectivity index (χ1n) is 5.02. The van der Waals surface area contributed by atoms with Gasteiger partial charge in [0, 0.05) is 22.6 Å². The fourth-order valence-electron chi connectivity index (χ4n) is 1.19. The third-order valence-corrected chi connectivity index (χ3v) is 3.92. The van der Waals surface area contributed by atoms with Crippen molar-refractivity contribution >= 4 is 33.2 Å². The van der Waals surface area contributed by atoms with Gasteiger partial charge in [0.2, 0.25) is 10.0 Å². The average molecular weight is 297 g/mol. The number of nitrogens with two attached hydrogens (primary N) is 1. The topological polar surface area (TPSA) is 72.2 Å². The number of benzene rings is 1. The molecule has 0 aliphatic carbocycles. The third-order valence-electron chi connectivity index (χ3n) is 2.04. The Morgan fingerprint density at radius 2 is 1.82 bits per heavy atom. The second kappa shape index (κ2) is 6.02. The number of halogens is 2. The molecular formula is C10H14Cl2N2O2S. The van der Waals surface area contributed by atoms with Crippen LogP contribution in [0.4, 0.5) is 0 Å². The Morgan fingerprint density at radius 3 is 2.29 bits per heavy atom. The van der Waals surface area contributed by atoms with Crippen LogP contribution in [-0.4, -0.2) is 21.0 Å². The Morgan fingerprint density at radius 1 is 1.29 bits per heavy atom. The molecule has 17 heavy (non-hydrogen) atoms. The smallest absolute Gasteiger partial charge is 0.240 e. The molecular weight excluding hydrogens is 283 g/mol. The normalized spacial score (nSPS) is 13.6. The standard InChI is InChI=1S/C10H14Cl2N2O2S/c1-7(13)2-3-14-17(15,16)10-5-8(11)4-9(12)6-10/h4-7,14H,2-3,13H2,1H3. The van der Waals surface area contributed by atoms with Crippen LogP contribution >= 0.6 is 23.2 Å².